The molecule has 22 heavy (non-hydrogen) atoms. The molecule has 1 fully saturated rings. The van der Waals surface area contributed by atoms with E-state index in [1.807, 2.05) is 0 Å². The molecule has 1 aromatic rings. The summed E-state index contributed by atoms with van der Waals surface area (Å²) in [5.74, 6) is 1.03. The monoisotopic (exact) mass is 304 g/mol. The van der Waals surface area contributed by atoms with Crippen molar-refractivity contribution in [1.29, 1.82) is 0 Å². The highest BCUT2D eigenvalue weighted by molar-refractivity contribution is 5.39. The third-order valence-corrected chi connectivity index (χ3v) is 4.66. The van der Waals surface area contributed by atoms with Gasteiger partial charge in [-0.05, 0) is 49.0 Å². The number of piperazine rings is 1. The van der Waals surface area contributed by atoms with Gasteiger partial charge in [0, 0.05) is 26.2 Å². The maximum Gasteiger partial charge on any atom is 0.122 e. The van der Waals surface area contributed by atoms with Crippen LogP contribution in [0.25, 0.3) is 0 Å². The Bertz CT molecular complexity index is 471. The molecule has 2 rings (SSSR count). The van der Waals surface area contributed by atoms with E-state index in [0.717, 1.165) is 12.2 Å². The molecule has 3 nitrogen and oxygen atoms in total. The van der Waals surface area contributed by atoms with Crippen molar-refractivity contribution in [3.63, 3.8) is 0 Å². The molecule has 0 aliphatic carbocycles. The van der Waals surface area contributed by atoms with Gasteiger partial charge >= 0.3 is 0 Å². The zero-order valence-electron chi connectivity index (χ0n) is 15.0. The highest BCUT2D eigenvalue weighted by atomic mass is 16.5. The summed E-state index contributed by atoms with van der Waals surface area (Å²) in [4.78, 5) is 4.99. The standard InChI is InChI=1S/C19H32N2O/c1-19(2,3)17-8-9-18(22-5)16(15-17)7-6-10-21-13-11-20(4)12-14-21/h8-9,15H,6-7,10-14H2,1-5H3. The topological polar surface area (TPSA) is 15.7 Å². The predicted molar refractivity (Wildman–Crippen MR) is 94.0 cm³/mol. The molecular weight excluding hydrogens is 272 g/mol. The van der Waals surface area contributed by atoms with E-state index in [9.17, 15) is 0 Å². The van der Waals surface area contributed by atoms with Gasteiger partial charge in [-0.1, -0.05) is 32.9 Å². The minimum atomic E-state index is 0.193. The van der Waals surface area contributed by atoms with Crippen LogP contribution in [0.4, 0.5) is 0 Å². The molecule has 1 heterocycles. The van der Waals surface area contributed by atoms with Crippen LogP contribution in [0, 0.1) is 0 Å². The van der Waals surface area contributed by atoms with Crippen LogP contribution in [0.3, 0.4) is 0 Å². The van der Waals surface area contributed by atoms with Crippen molar-refractivity contribution in [1.82, 2.24) is 9.80 Å². The smallest absolute Gasteiger partial charge is 0.122 e. The molecule has 1 saturated heterocycles. The van der Waals surface area contributed by atoms with E-state index in [1.54, 1.807) is 7.11 Å². The molecule has 0 aromatic heterocycles. The van der Waals surface area contributed by atoms with Crippen molar-refractivity contribution in [2.45, 2.75) is 39.0 Å². The Morgan fingerprint density at radius 2 is 1.77 bits per heavy atom. The van der Waals surface area contributed by atoms with E-state index in [-0.39, 0.29) is 5.41 Å². The van der Waals surface area contributed by atoms with Crippen LogP contribution in [0.1, 0.15) is 38.3 Å². The zero-order chi connectivity index (χ0) is 16.2. The number of hydrogen-bond acceptors (Lipinski definition) is 3. The Morgan fingerprint density at radius 1 is 1.09 bits per heavy atom. The summed E-state index contributed by atoms with van der Waals surface area (Å²) in [6.45, 7) is 12.8. The molecule has 0 N–H and O–H groups in total. The van der Waals surface area contributed by atoms with Crippen LogP contribution >= 0.6 is 0 Å². The van der Waals surface area contributed by atoms with Gasteiger partial charge in [0.05, 0.1) is 7.11 Å². The number of hydrogen-bond donors (Lipinski definition) is 0. The molecule has 124 valence electrons. The lowest BCUT2D eigenvalue weighted by Crippen LogP contribution is -2.44. The number of methoxy groups -OCH3 is 1. The maximum atomic E-state index is 5.55. The van der Waals surface area contributed by atoms with Crippen LogP contribution in [-0.2, 0) is 11.8 Å². The van der Waals surface area contributed by atoms with Crippen LogP contribution in [0.2, 0.25) is 0 Å². The Labute approximate surface area is 136 Å². The second kappa shape index (κ2) is 7.47. The lowest BCUT2D eigenvalue weighted by Gasteiger charge is -2.32. The fourth-order valence-electron chi connectivity index (χ4n) is 3.01. The molecule has 0 spiro atoms. The maximum absolute atomic E-state index is 5.55. The van der Waals surface area contributed by atoms with E-state index in [1.165, 1.54) is 50.3 Å². The SMILES string of the molecule is COc1ccc(C(C)(C)C)cc1CCCN1CCN(C)CC1. The molecule has 0 atom stereocenters. The molecule has 1 aromatic carbocycles. The molecule has 3 heteroatoms. The van der Waals surface area contributed by atoms with Gasteiger partial charge < -0.3 is 14.5 Å². The summed E-state index contributed by atoms with van der Waals surface area (Å²) in [6, 6.07) is 6.66. The molecule has 1 aliphatic heterocycles. The number of rotatable bonds is 5. The Morgan fingerprint density at radius 3 is 2.36 bits per heavy atom. The summed E-state index contributed by atoms with van der Waals surface area (Å²) in [6.07, 6.45) is 2.30. The van der Waals surface area contributed by atoms with Gasteiger partial charge in [0.25, 0.3) is 0 Å². The summed E-state index contributed by atoms with van der Waals surface area (Å²) < 4.78 is 5.55. The molecule has 1 aliphatic rings. The normalized spacial score (nSPS) is 17.7. The van der Waals surface area contributed by atoms with E-state index >= 15 is 0 Å². The first-order valence-electron chi connectivity index (χ1n) is 8.48. The van der Waals surface area contributed by atoms with Crippen LogP contribution in [0.5, 0.6) is 5.75 Å². The largest absolute Gasteiger partial charge is 0.496 e. The van der Waals surface area contributed by atoms with Gasteiger partial charge in [-0.25, -0.2) is 0 Å². The van der Waals surface area contributed by atoms with Crippen molar-refractivity contribution < 1.29 is 4.74 Å². The van der Waals surface area contributed by atoms with Gasteiger partial charge in [0.15, 0.2) is 0 Å². The van der Waals surface area contributed by atoms with Crippen molar-refractivity contribution in [3.8, 4) is 5.75 Å². The predicted octanol–water partition coefficient (Wildman–Crippen LogP) is 3.17. The molecular formula is C19H32N2O. The van der Waals surface area contributed by atoms with E-state index in [4.69, 9.17) is 4.74 Å². The molecule has 0 unspecified atom stereocenters. The third-order valence-electron chi connectivity index (χ3n) is 4.66. The van der Waals surface area contributed by atoms with Crippen molar-refractivity contribution in [2.75, 3.05) is 46.9 Å². The highest BCUT2D eigenvalue weighted by Gasteiger charge is 2.17. The highest BCUT2D eigenvalue weighted by Crippen LogP contribution is 2.28. The van der Waals surface area contributed by atoms with E-state index in [0.29, 0.717) is 0 Å². The van der Waals surface area contributed by atoms with Gasteiger partial charge in [-0.15, -0.1) is 0 Å². The molecule has 0 saturated carbocycles. The minimum Gasteiger partial charge on any atom is -0.496 e. The summed E-state index contributed by atoms with van der Waals surface area (Å²) >= 11 is 0. The average Bonchev–Trinajstić information content (AvgIpc) is 2.48. The van der Waals surface area contributed by atoms with Crippen LogP contribution < -0.4 is 4.74 Å². The Kier molecular flexibility index (Phi) is 5.87. The van der Waals surface area contributed by atoms with Crippen LogP contribution in [0.15, 0.2) is 18.2 Å². The summed E-state index contributed by atoms with van der Waals surface area (Å²) in [7, 11) is 3.98. The van der Waals surface area contributed by atoms with E-state index < -0.39 is 0 Å². The van der Waals surface area contributed by atoms with Gasteiger partial charge in [0.2, 0.25) is 0 Å². The summed E-state index contributed by atoms with van der Waals surface area (Å²) in [5.41, 5.74) is 2.94. The number of nitrogens with zero attached hydrogens (tertiary/aromatic N) is 2. The fraction of sp³-hybridized carbons (Fsp3) is 0.684. The first kappa shape index (κ1) is 17.3. The van der Waals surface area contributed by atoms with Gasteiger partial charge in [-0.2, -0.15) is 0 Å². The van der Waals surface area contributed by atoms with Crippen molar-refractivity contribution >= 4 is 0 Å². The first-order chi connectivity index (χ1) is 10.4. The lowest BCUT2D eigenvalue weighted by molar-refractivity contribution is 0.153. The lowest BCUT2D eigenvalue weighted by atomic mass is 9.85. The second-order valence-corrected chi connectivity index (χ2v) is 7.53. The fourth-order valence-corrected chi connectivity index (χ4v) is 3.01. The second-order valence-electron chi connectivity index (χ2n) is 7.53. The number of aryl methyl sites for hydroxylation is 1. The molecule has 0 bridgehead atoms. The van der Waals surface area contributed by atoms with Gasteiger partial charge in [-0.3, -0.25) is 0 Å². The van der Waals surface area contributed by atoms with Crippen LogP contribution in [-0.4, -0.2) is 56.7 Å². The Hall–Kier alpha value is -1.06. The van der Waals surface area contributed by atoms with Gasteiger partial charge in [0.1, 0.15) is 5.75 Å². The van der Waals surface area contributed by atoms with E-state index in [2.05, 4.69) is 55.8 Å². The number of likely N-dealkylation sites (N-methyl/N-ethyl adjacent to an activating group) is 1. The number of benzene rings is 1. The minimum absolute atomic E-state index is 0.193. The van der Waals surface area contributed by atoms with Crippen molar-refractivity contribution in [2.24, 2.45) is 0 Å². The summed E-state index contributed by atoms with van der Waals surface area (Å²) in [5, 5.41) is 0. The average molecular weight is 304 g/mol. The quantitative estimate of drug-likeness (QED) is 0.831. The zero-order valence-corrected chi connectivity index (χ0v) is 15.0. The Balaban J connectivity index is 1.93. The first-order valence-corrected chi connectivity index (χ1v) is 8.48. The van der Waals surface area contributed by atoms with Crippen molar-refractivity contribution in [3.05, 3.63) is 29.3 Å². The third kappa shape index (κ3) is 4.72. The molecule has 0 radical (unpaired) electrons. The molecule has 0 amide bonds. The number of ether oxygens (including phenoxy) is 1.